The van der Waals surface area contributed by atoms with Crippen LogP contribution >= 0.6 is 11.6 Å². The standard InChI is InChI=1S/C22H26ClFN2O3/c1-4-20(22(28)25-5-2)26(14-15-9-11-16(29-3)12-10-15)21(27)13-17-18(23)7-6-8-19(17)24/h6-12,20H,4-5,13-14H2,1-3H3,(H,25,28)/t20-/m1/s1. The lowest BCUT2D eigenvalue weighted by molar-refractivity contribution is -0.140. The third-order valence-corrected chi connectivity index (χ3v) is 4.99. The van der Waals surface area contributed by atoms with E-state index in [2.05, 4.69) is 5.32 Å². The van der Waals surface area contributed by atoms with Gasteiger partial charge in [0, 0.05) is 23.7 Å². The number of amides is 2. The maximum Gasteiger partial charge on any atom is 0.242 e. The molecule has 29 heavy (non-hydrogen) atoms. The Kier molecular flexibility index (Phi) is 8.46. The lowest BCUT2D eigenvalue weighted by Crippen LogP contribution is -2.49. The molecule has 0 unspecified atom stereocenters. The number of benzene rings is 2. The van der Waals surface area contributed by atoms with Gasteiger partial charge in [0.25, 0.3) is 0 Å². The second-order valence-corrected chi connectivity index (χ2v) is 6.97. The molecular formula is C22H26ClFN2O3. The Morgan fingerprint density at radius 3 is 2.41 bits per heavy atom. The molecule has 0 bridgehead atoms. The third-order valence-electron chi connectivity index (χ3n) is 4.64. The maximum atomic E-state index is 14.2. The molecule has 5 nitrogen and oxygen atoms in total. The van der Waals surface area contributed by atoms with Crippen LogP contribution < -0.4 is 10.1 Å². The largest absolute Gasteiger partial charge is 0.497 e. The quantitative estimate of drug-likeness (QED) is 0.667. The number of methoxy groups -OCH3 is 1. The van der Waals surface area contributed by atoms with Crippen molar-refractivity contribution in [2.75, 3.05) is 13.7 Å². The van der Waals surface area contributed by atoms with Gasteiger partial charge in [-0.05, 0) is 43.2 Å². The van der Waals surface area contributed by atoms with Crippen molar-refractivity contribution in [3.8, 4) is 5.75 Å². The second kappa shape index (κ2) is 10.8. The molecule has 7 heteroatoms. The predicted molar refractivity (Wildman–Crippen MR) is 111 cm³/mol. The van der Waals surface area contributed by atoms with Gasteiger partial charge in [-0.25, -0.2) is 4.39 Å². The Labute approximate surface area is 175 Å². The Balaban J connectivity index is 2.33. The lowest BCUT2D eigenvalue weighted by Gasteiger charge is -2.31. The molecule has 1 N–H and O–H groups in total. The van der Waals surface area contributed by atoms with Gasteiger partial charge in [-0.3, -0.25) is 9.59 Å². The zero-order valence-electron chi connectivity index (χ0n) is 16.9. The Hall–Kier alpha value is -2.60. The van der Waals surface area contributed by atoms with Crippen molar-refractivity contribution in [3.05, 3.63) is 64.4 Å². The number of carbonyl (C=O) groups excluding carboxylic acids is 2. The molecule has 0 heterocycles. The highest BCUT2D eigenvalue weighted by Crippen LogP contribution is 2.22. The molecule has 0 saturated carbocycles. The Bertz CT molecular complexity index is 822. The minimum Gasteiger partial charge on any atom is -0.497 e. The van der Waals surface area contributed by atoms with Crippen LogP contribution in [-0.2, 0) is 22.6 Å². The molecule has 0 aromatic heterocycles. The van der Waals surface area contributed by atoms with E-state index in [0.29, 0.717) is 18.7 Å². The number of hydrogen-bond donors (Lipinski definition) is 1. The molecule has 0 aliphatic rings. The summed E-state index contributed by atoms with van der Waals surface area (Å²) in [6.45, 7) is 4.33. The summed E-state index contributed by atoms with van der Waals surface area (Å²) in [5.74, 6) is -0.454. The molecular weight excluding hydrogens is 395 g/mol. The summed E-state index contributed by atoms with van der Waals surface area (Å²) in [6, 6.07) is 10.9. The van der Waals surface area contributed by atoms with Gasteiger partial charge in [0.1, 0.15) is 17.6 Å². The zero-order valence-corrected chi connectivity index (χ0v) is 17.6. The minimum absolute atomic E-state index is 0.129. The summed E-state index contributed by atoms with van der Waals surface area (Å²) < 4.78 is 19.4. The fourth-order valence-electron chi connectivity index (χ4n) is 3.09. The van der Waals surface area contributed by atoms with Gasteiger partial charge in [0.05, 0.1) is 13.5 Å². The number of carbonyl (C=O) groups is 2. The number of nitrogens with zero attached hydrogens (tertiary/aromatic N) is 1. The van der Waals surface area contributed by atoms with Crippen molar-refractivity contribution >= 4 is 23.4 Å². The van der Waals surface area contributed by atoms with Crippen molar-refractivity contribution in [1.29, 1.82) is 0 Å². The van der Waals surface area contributed by atoms with E-state index in [-0.39, 0.29) is 35.4 Å². The molecule has 1 atom stereocenters. The fraction of sp³-hybridized carbons (Fsp3) is 0.364. The summed E-state index contributed by atoms with van der Waals surface area (Å²) in [7, 11) is 1.57. The van der Waals surface area contributed by atoms with Gasteiger partial charge in [-0.15, -0.1) is 0 Å². The van der Waals surface area contributed by atoms with Crippen molar-refractivity contribution in [3.63, 3.8) is 0 Å². The first kappa shape index (κ1) is 22.7. The number of halogens is 2. The number of nitrogens with one attached hydrogen (secondary N) is 1. The second-order valence-electron chi connectivity index (χ2n) is 6.57. The highest BCUT2D eigenvalue weighted by Gasteiger charge is 2.29. The van der Waals surface area contributed by atoms with Gasteiger partial charge >= 0.3 is 0 Å². The predicted octanol–water partition coefficient (Wildman–Crippen LogP) is 3.97. The van der Waals surface area contributed by atoms with Crippen LogP contribution in [0, 0.1) is 5.82 Å². The monoisotopic (exact) mass is 420 g/mol. The number of hydrogen-bond acceptors (Lipinski definition) is 3. The molecule has 0 radical (unpaired) electrons. The van der Waals surface area contributed by atoms with Crippen LogP contribution in [0.4, 0.5) is 4.39 Å². The van der Waals surface area contributed by atoms with Crippen molar-refractivity contribution < 1.29 is 18.7 Å². The third kappa shape index (κ3) is 5.94. The van der Waals surface area contributed by atoms with Crippen molar-refractivity contribution in [1.82, 2.24) is 10.2 Å². The van der Waals surface area contributed by atoms with Crippen molar-refractivity contribution in [2.24, 2.45) is 0 Å². The lowest BCUT2D eigenvalue weighted by atomic mass is 10.1. The van der Waals surface area contributed by atoms with Crippen LogP contribution in [0.1, 0.15) is 31.4 Å². The van der Waals surface area contributed by atoms with Crippen LogP contribution in [0.15, 0.2) is 42.5 Å². The Morgan fingerprint density at radius 1 is 1.17 bits per heavy atom. The molecule has 2 aromatic rings. The van der Waals surface area contributed by atoms with Gasteiger partial charge in [0.2, 0.25) is 11.8 Å². The van der Waals surface area contributed by atoms with E-state index < -0.39 is 11.9 Å². The van der Waals surface area contributed by atoms with E-state index in [1.54, 1.807) is 25.3 Å². The molecule has 2 aromatic carbocycles. The highest BCUT2D eigenvalue weighted by atomic mass is 35.5. The summed E-state index contributed by atoms with van der Waals surface area (Å²) in [5, 5.41) is 2.96. The summed E-state index contributed by atoms with van der Waals surface area (Å²) in [5.41, 5.74) is 0.964. The average Bonchev–Trinajstić information content (AvgIpc) is 2.71. The van der Waals surface area contributed by atoms with E-state index in [0.717, 1.165) is 5.56 Å². The number of rotatable bonds is 9. The van der Waals surface area contributed by atoms with E-state index >= 15 is 0 Å². The fourth-order valence-corrected chi connectivity index (χ4v) is 3.32. The van der Waals surface area contributed by atoms with E-state index in [1.807, 2.05) is 26.0 Å². The van der Waals surface area contributed by atoms with Crippen LogP contribution in [0.3, 0.4) is 0 Å². The summed E-state index contributed by atoms with van der Waals surface area (Å²) in [6.07, 6.45) is 0.205. The SMILES string of the molecule is CCNC(=O)[C@@H](CC)N(Cc1ccc(OC)cc1)C(=O)Cc1c(F)cccc1Cl. The van der Waals surface area contributed by atoms with E-state index in [9.17, 15) is 14.0 Å². The molecule has 156 valence electrons. The first-order chi connectivity index (χ1) is 13.9. The van der Waals surface area contributed by atoms with Gasteiger partial charge in [-0.1, -0.05) is 36.7 Å². The average molecular weight is 421 g/mol. The van der Waals surface area contributed by atoms with Gasteiger partial charge in [0.15, 0.2) is 0 Å². The molecule has 2 amide bonds. The Morgan fingerprint density at radius 2 is 1.86 bits per heavy atom. The molecule has 2 rings (SSSR count). The highest BCUT2D eigenvalue weighted by molar-refractivity contribution is 6.31. The molecule has 0 aliphatic heterocycles. The normalized spacial score (nSPS) is 11.6. The minimum atomic E-state index is -0.671. The van der Waals surface area contributed by atoms with Crippen LogP contribution in [-0.4, -0.2) is 36.4 Å². The maximum absolute atomic E-state index is 14.2. The molecule has 0 aliphatic carbocycles. The van der Waals surface area contributed by atoms with E-state index in [1.165, 1.54) is 17.0 Å². The van der Waals surface area contributed by atoms with Crippen LogP contribution in [0.5, 0.6) is 5.75 Å². The molecule has 0 fully saturated rings. The first-order valence-electron chi connectivity index (χ1n) is 9.54. The first-order valence-corrected chi connectivity index (χ1v) is 9.92. The van der Waals surface area contributed by atoms with Crippen LogP contribution in [0.25, 0.3) is 0 Å². The molecule has 0 spiro atoms. The van der Waals surface area contributed by atoms with E-state index in [4.69, 9.17) is 16.3 Å². The smallest absolute Gasteiger partial charge is 0.242 e. The number of ether oxygens (including phenoxy) is 1. The molecule has 0 saturated heterocycles. The van der Waals surface area contributed by atoms with Gasteiger partial charge in [-0.2, -0.15) is 0 Å². The summed E-state index contributed by atoms with van der Waals surface area (Å²) >= 11 is 6.09. The van der Waals surface area contributed by atoms with Gasteiger partial charge < -0.3 is 15.0 Å². The summed E-state index contributed by atoms with van der Waals surface area (Å²) in [4.78, 5) is 27.2. The zero-order chi connectivity index (χ0) is 21.4. The number of likely N-dealkylation sites (N-methyl/N-ethyl adjacent to an activating group) is 1. The topological polar surface area (TPSA) is 58.6 Å². The van der Waals surface area contributed by atoms with Crippen molar-refractivity contribution in [2.45, 2.75) is 39.3 Å². The van der Waals surface area contributed by atoms with Crippen LogP contribution in [0.2, 0.25) is 5.02 Å².